The summed E-state index contributed by atoms with van der Waals surface area (Å²) in [4.78, 5) is 4.75. The van der Waals surface area contributed by atoms with Gasteiger partial charge < -0.3 is 10.6 Å². The lowest BCUT2D eigenvalue weighted by atomic mass is 10.1. The van der Waals surface area contributed by atoms with Gasteiger partial charge >= 0.3 is 0 Å². The Kier molecular flexibility index (Phi) is 8.99. The summed E-state index contributed by atoms with van der Waals surface area (Å²) in [5.41, 5.74) is 3.65. The Morgan fingerprint density at radius 2 is 1.93 bits per heavy atom. The quantitative estimate of drug-likeness (QED) is 0.288. The van der Waals surface area contributed by atoms with Gasteiger partial charge in [-0.2, -0.15) is 10.2 Å². The van der Waals surface area contributed by atoms with E-state index < -0.39 is 0 Å². The maximum absolute atomic E-state index is 4.75. The van der Waals surface area contributed by atoms with Gasteiger partial charge in [-0.3, -0.25) is 9.36 Å². The van der Waals surface area contributed by atoms with Crippen molar-refractivity contribution in [1.29, 1.82) is 0 Å². The van der Waals surface area contributed by atoms with Crippen LogP contribution in [0.15, 0.2) is 60.1 Å². The van der Waals surface area contributed by atoms with Gasteiger partial charge in [0.1, 0.15) is 0 Å². The maximum atomic E-state index is 4.75. The molecule has 3 aromatic rings. The van der Waals surface area contributed by atoms with Crippen molar-refractivity contribution in [2.24, 2.45) is 12.0 Å². The van der Waals surface area contributed by atoms with Gasteiger partial charge in [-0.05, 0) is 36.1 Å². The summed E-state index contributed by atoms with van der Waals surface area (Å²) in [5.74, 6) is 0.829. The van der Waals surface area contributed by atoms with Crippen LogP contribution in [0.5, 0.6) is 0 Å². The Hall–Kier alpha value is -2.36. The van der Waals surface area contributed by atoms with Gasteiger partial charge in [0.05, 0.1) is 19.3 Å². The highest BCUT2D eigenvalue weighted by molar-refractivity contribution is 14.0. The van der Waals surface area contributed by atoms with Gasteiger partial charge in [0.15, 0.2) is 5.96 Å². The van der Waals surface area contributed by atoms with E-state index in [4.69, 9.17) is 4.99 Å². The molecule has 0 unspecified atom stereocenters. The molecule has 0 bridgehead atoms. The van der Waals surface area contributed by atoms with Crippen LogP contribution in [0, 0.1) is 0 Å². The number of guanidine groups is 1. The van der Waals surface area contributed by atoms with Crippen LogP contribution in [0.4, 0.5) is 0 Å². The van der Waals surface area contributed by atoms with Crippen molar-refractivity contribution in [1.82, 2.24) is 30.2 Å². The molecule has 0 amide bonds. The smallest absolute Gasteiger partial charge is 0.191 e. The topological polar surface area (TPSA) is 72.1 Å². The van der Waals surface area contributed by atoms with E-state index in [0.717, 1.165) is 32.0 Å². The van der Waals surface area contributed by atoms with Crippen LogP contribution in [-0.2, 0) is 26.6 Å². The number of benzene rings is 1. The van der Waals surface area contributed by atoms with Crippen molar-refractivity contribution >= 4 is 29.9 Å². The molecule has 8 heteroatoms. The first-order valence-corrected chi connectivity index (χ1v) is 9.28. The number of aryl methyl sites for hydroxylation is 1. The largest absolute Gasteiger partial charge is 0.357 e. The number of aromatic nitrogens is 4. The zero-order valence-electron chi connectivity index (χ0n) is 16.4. The van der Waals surface area contributed by atoms with E-state index in [2.05, 4.69) is 52.0 Å². The minimum atomic E-state index is 0. The van der Waals surface area contributed by atoms with Gasteiger partial charge in [0, 0.05) is 38.7 Å². The molecule has 0 saturated heterocycles. The summed E-state index contributed by atoms with van der Waals surface area (Å²) in [7, 11) is 1.93. The van der Waals surface area contributed by atoms with Crippen LogP contribution in [0.25, 0.3) is 0 Å². The Balaban J connectivity index is 0.00000280. The second-order valence-corrected chi connectivity index (χ2v) is 6.37. The van der Waals surface area contributed by atoms with Crippen molar-refractivity contribution in [3.8, 4) is 0 Å². The van der Waals surface area contributed by atoms with Crippen LogP contribution < -0.4 is 10.6 Å². The highest BCUT2D eigenvalue weighted by Gasteiger charge is 2.04. The van der Waals surface area contributed by atoms with Gasteiger partial charge in [-0.25, -0.2) is 4.99 Å². The van der Waals surface area contributed by atoms with E-state index in [-0.39, 0.29) is 24.0 Å². The first kappa shape index (κ1) is 21.9. The molecular weight excluding hydrogens is 465 g/mol. The molecule has 0 atom stereocenters. The number of hydrogen-bond acceptors (Lipinski definition) is 3. The highest BCUT2D eigenvalue weighted by Crippen LogP contribution is 2.11. The Bertz CT molecular complexity index is 855. The standard InChI is InChI=1S/C20H27N7.HI/c1-3-21-20(22-11-9-17-13-25-26(2)15-17)23-14-18-7-4-5-8-19(18)16-27-12-6-10-24-27;/h4-8,10,12-13,15H,3,9,11,14,16H2,1-2H3,(H2,21,22,23);1H. The van der Waals surface area contributed by atoms with Gasteiger partial charge in [-0.1, -0.05) is 24.3 Å². The summed E-state index contributed by atoms with van der Waals surface area (Å²) < 4.78 is 3.76. The summed E-state index contributed by atoms with van der Waals surface area (Å²) in [6, 6.07) is 10.3. The van der Waals surface area contributed by atoms with Crippen LogP contribution in [0.2, 0.25) is 0 Å². The molecule has 0 radical (unpaired) electrons. The molecule has 3 rings (SSSR count). The predicted molar refractivity (Wildman–Crippen MR) is 123 cm³/mol. The van der Waals surface area contributed by atoms with Crippen molar-refractivity contribution in [3.05, 3.63) is 71.8 Å². The lowest BCUT2D eigenvalue weighted by molar-refractivity contribution is 0.680. The minimum absolute atomic E-state index is 0. The van der Waals surface area contributed by atoms with Crippen LogP contribution in [0.1, 0.15) is 23.6 Å². The van der Waals surface area contributed by atoms with Gasteiger partial charge in [0.2, 0.25) is 0 Å². The number of aliphatic imine (C=N–C) groups is 1. The Morgan fingerprint density at radius 1 is 1.11 bits per heavy atom. The van der Waals surface area contributed by atoms with Crippen molar-refractivity contribution in [2.45, 2.75) is 26.4 Å². The number of hydrogen-bond donors (Lipinski definition) is 2. The normalized spacial score (nSPS) is 11.1. The SMILES string of the molecule is CCNC(=NCc1ccccc1Cn1cccn1)NCCc1cnn(C)c1.I. The summed E-state index contributed by atoms with van der Waals surface area (Å²) in [6.07, 6.45) is 8.63. The Labute approximate surface area is 183 Å². The second kappa shape index (κ2) is 11.5. The maximum Gasteiger partial charge on any atom is 0.191 e. The molecule has 0 fully saturated rings. The van der Waals surface area contributed by atoms with E-state index in [0.29, 0.717) is 6.54 Å². The third kappa shape index (κ3) is 6.66. The first-order valence-electron chi connectivity index (χ1n) is 9.28. The fourth-order valence-corrected chi connectivity index (χ4v) is 2.87. The van der Waals surface area contributed by atoms with Crippen LogP contribution in [-0.4, -0.2) is 38.6 Å². The molecule has 0 aliphatic carbocycles. The number of nitrogens with one attached hydrogen (secondary N) is 2. The molecule has 2 heterocycles. The lowest BCUT2D eigenvalue weighted by Crippen LogP contribution is -2.38. The molecule has 28 heavy (non-hydrogen) atoms. The van der Waals surface area contributed by atoms with E-state index in [9.17, 15) is 0 Å². The summed E-state index contributed by atoms with van der Waals surface area (Å²) in [5, 5.41) is 15.2. The van der Waals surface area contributed by atoms with Crippen molar-refractivity contribution in [3.63, 3.8) is 0 Å². The average Bonchev–Trinajstić information content (AvgIpc) is 3.32. The van der Waals surface area contributed by atoms with Crippen LogP contribution >= 0.6 is 24.0 Å². The molecule has 2 aromatic heterocycles. The van der Waals surface area contributed by atoms with E-state index >= 15 is 0 Å². The third-order valence-electron chi connectivity index (χ3n) is 4.23. The zero-order valence-corrected chi connectivity index (χ0v) is 18.7. The summed E-state index contributed by atoms with van der Waals surface area (Å²) >= 11 is 0. The van der Waals surface area contributed by atoms with E-state index in [1.807, 2.05) is 41.1 Å². The zero-order chi connectivity index (χ0) is 18.9. The van der Waals surface area contributed by atoms with E-state index in [1.54, 1.807) is 6.20 Å². The molecule has 2 N–H and O–H groups in total. The highest BCUT2D eigenvalue weighted by atomic mass is 127. The molecular formula is C20H28IN7. The second-order valence-electron chi connectivity index (χ2n) is 6.37. The summed E-state index contributed by atoms with van der Waals surface area (Å²) in [6.45, 7) is 5.09. The van der Waals surface area contributed by atoms with Gasteiger partial charge in [0.25, 0.3) is 0 Å². The number of nitrogens with zero attached hydrogens (tertiary/aromatic N) is 5. The van der Waals surface area contributed by atoms with Crippen LogP contribution in [0.3, 0.4) is 0 Å². The minimum Gasteiger partial charge on any atom is -0.357 e. The lowest BCUT2D eigenvalue weighted by Gasteiger charge is -2.12. The molecule has 150 valence electrons. The van der Waals surface area contributed by atoms with Crippen molar-refractivity contribution in [2.75, 3.05) is 13.1 Å². The first-order chi connectivity index (χ1) is 13.2. The number of rotatable bonds is 8. The fraction of sp³-hybridized carbons (Fsp3) is 0.350. The number of halogens is 1. The monoisotopic (exact) mass is 493 g/mol. The molecule has 0 saturated carbocycles. The van der Waals surface area contributed by atoms with Crippen molar-refractivity contribution < 1.29 is 0 Å². The molecule has 7 nitrogen and oxygen atoms in total. The molecule has 0 aliphatic heterocycles. The molecule has 0 spiro atoms. The Morgan fingerprint density at radius 3 is 2.61 bits per heavy atom. The average molecular weight is 493 g/mol. The van der Waals surface area contributed by atoms with Gasteiger partial charge in [-0.15, -0.1) is 24.0 Å². The predicted octanol–water partition coefficient (Wildman–Crippen LogP) is 2.58. The molecule has 0 aliphatic rings. The van der Waals surface area contributed by atoms with E-state index in [1.165, 1.54) is 16.7 Å². The third-order valence-corrected chi connectivity index (χ3v) is 4.23. The molecule has 1 aromatic carbocycles. The fourth-order valence-electron chi connectivity index (χ4n) is 2.87.